The molecule has 1 aromatic heterocycles. The minimum atomic E-state index is -4.08. The molecule has 0 spiro atoms. The fourth-order valence-electron chi connectivity index (χ4n) is 2.46. The molecule has 2 aromatic carbocycles. The number of H-pyrrole nitrogens is 1. The van der Waals surface area contributed by atoms with Gasteiger partial charge in [-0.05, 0) is 24.3 Å². The number of carboxylic acid groups (broad SMARTS) is 1. The highest BCUT2D eigenvalue weighted by molar-refractivity contribution is 9.10. The first kappa shape index (κ1) is 17.3. The number of aromatic amines is 1. The molecule has 25 heavy (non-hydrogen) atoms. The van der Waals surface area contributed by atoms with E-state index in [0.717, 1.165) is 0 Å². The SMILES string of the molecule is COc1ccc(Br)cc1S(=O)(=O)Nc1c(C(=O)O)[nH]c2ccccc12. The molecule has 0 amide bonds. The predicted molar refractivity (Wildman–Crippen MR) is 96.8 cm³/mol. The first-order valence-corrected chi connectivity index (χ1v) is 9.31. The van der Waals surface area contributed by atoms with Crippen molar-refractivity contribution in [3.05, 3.63) is 52.6 Å². The third-order valence-electron chi connectivity index (χ3n) is 3.57. The number of halogens is 1. The van der Waals surface area contributed by atoms with E-state index >= 15 is 0 Å². The summed E-state index contributed by atoms with van der Waals surface area (Å²) in [7, 11) is -2.73. The van der Waals surface area contributed by atoms with Crippen LogP contribution >= 0.6 is 15.9 Å². The lowest BCUT2D eigenvalue weighted by Gasteiger charge is -2.12. The maximum absolute atomic E-state index is 12.8. The monoisotopic (exact) mass is 424 g/mol. The highest BCUT2D eigenvalue weighted by atomic mass is 79.9. The summed E-state index contributed by atoms with van der Waals surface area (Å²) in [6.07, 6.45) is 0. The second-order valence-electron chi connectivity index (χ2n) is 5.13. The number of nitrogens with one attached hydrogen (secondary N) is 2. The van der Waals surface area contributed by atoms with Gasteiger partial charge in [-0.25, -0.2) is 13.2 Å². The number of methoxy groups -OCH3 is 1. The van der Waals surface area contributed by atoms with E-state index in [9.17, 15) is 18.3 Å². The number of para-hydroxylation sites is 1. The number of hydrogen-bond donors (Lipinski definition) is 3. The molecule has 130 valence electrons. The van der Waals surface area contributed by atoms with Gasteiger partial charge in [-0.3, -0.25) is 4.72 Å². The van der Waals surface area contributed by atoms with Crippen LogP contribution in [0.2, 0.25) is 0 Å². The molecule has 0 aliphatic rings. The number of aromatic nitrogens is 1. The summed E-state index contributed by atoms with van der Waals surface area (Å²) in [6.45, 7) is 0. The number of anilines is 1. The van der Waals surface area contributed by atoms with Crippen molar-refractivity contribution in [1.29, 1.82) is 0 Å². The van der Waals surface area contributed by atoms with Crippen LogP contribution < -0.4 is 9.46 Å². The molecule has 3 rings (SSSR count). The molecule has 0 bridgehead atoms. The highest BCUT2D eigenvalue weighted by Crippen LogP contribution is 2.33. The Labute approximate surface area is 151 Å². The van der Waals surface area contributed by atoms with Crippen LogP contribution in [-0.4, -0.2) is 31.6 Å². The van der Waals surface area contributed by atoms with Crippen LogP contribution in [0.4, 0.5) is 5.69 Å². The van der Waals surface area contributed by atoms with Crippen molar-refractivity contribution in [3.63, 3.8) is 0 Å². The fraction of sp³-hybridized carbons (Fsp3) is 0.0625. The molecule has 7 nitrogen and oxygen atoms in total. The molecule has 9 heteroatoms. The normalized spacial score (nSPS) is 11.4. The molecular formula is C16H13BrN2O5S. The van der Waals surface area contributed by atoms with E-state index in [1.807, 2.05) is 0 Å². The maximum atomic E-state index is 12.8. The highest BCUT2D eigenvalue weighted by Gasteiger charge is 2.25. The van der Waals surface area contributed by atoms with Gasteiger partial charge in [0.1, 0.15) is 16.3 Å². The Morgan fingerprint density at radius 1 is 1.24 bits per heavy atom. The smallest absolute Gasteiger partial charge is 0.354 e. The zero-order valence-corrected chi connectivity index (χ0v) is 15.3. The molecule has 0 atom stereocenters. The summed E-state index contributed by atoms with van der Waals surface area (Å²) >= 11 is 3.23. The molecule has 3 N–H and O–H groups in total. The minimum Gasteiger partial charge on any atom is -0.495 e. The molecule has 0 aliphatic carbocycles. The lowest BCUT2D eigenvalue weighted by molar-refractivity contribution is 0.0692. The molecule has 0 unspecified atom stereocenters. The van der Waals surface area contributed by atoms with E-state index in [4.69, 9.17) is 4.74 Å². The van der Waals surface area contributed by atoms with E-state index in [-0.39, 0.29) is 22.0 Å². The Hall–Kier alpha value is -2.52. The van der Waals surface area contributed by atoms with Gasteiger partial charge in [-0.2, -0.15) is 0 Å². The van der Waals surface area contributed by atoms with Crippen LogP contribution in [0, 0.1) is 0 Å². The number of carboxylic acids is 1. The Bertz CT molecular complexity index is 1080. The van der Waals surface area contributed by atoms with Gasteiger partial charge in [-0.15, -0.1) is 0 Å². The van der Waals surface area contributed by atoms with Crippen LogP contribution in [0.5, 0.6) is 5.75 Å². The van der Waals surface area contributed by atoms with E-state index in [1.165, 1.54) is 19.2 Å². The average Bonchev–Trinajstić information content (AvgIpc) is 2.93. The number of fused-ring (bicyclic) bond motifs is 1. The zero-order valence-electron chi connectivity index (χ0n) is 12.9. The number of sulfonamides is 1. The van der Waals surface area contributed by atoms with Crippen LogP contribution in [-0.2, 0) is 10.0 Å². The molecular weight excluding hydrogens is 412 g/mol. The third-order valence-corrected chi connectivity index (χ3v) is 5.44. The number of ether oxygens (including phenoxy) is 1. The van der Waals surface area contributed by atoms with Gasteiger partial charge in [0.05, 0.1) is 12.8 Å². The molecule has 0 aliphatic heterocycles. The number of hydrogen-bond acceptors (Lipinski definition) is 4. The molecule has 0 saturated heterocycles. The van der Waals surface area contributed by atoms with E-state index in [1.54, 1.807) is 30.3 Å². The van der Waals surface area contributed by atoms with Gasteiger partial charge in [0.2, 0.25) is 0 Å². The summed E-state index contributed by atoms with van der Waals surface area (Å²) in [5, 5.41) is 9.84. The Morgan fingerprint density at radius 3 is 2.64 bits per heavy atom. The van der Waals surface area contributed by atoms with Gasteiger partial charge in [0, 0.05) is 15.4 Å². The van der Waals surface area contributed by atoms with E-state index in [2.05, 4.69) is 25.6 Å². The fourth-order valence-corrected chi connectivity index (χ4v) is 4.26. The van der Waals surface area contributed by atoms with Crippen LogP contribution in [0.3, 0.4) is 0 Å². The number of rotatable bonds is 5. The summed E-state index contributed by atoms with van der Waals surface area (Å²) in [6, 6.07) is 11.3. The Balaban J connectivity index is 2.17. The van der Waals surface area contributed by atoms with Crippen molar-refractivity contribution >= 4 is 48.5 Å². The third kappa shape index (κ3) is 3.20. The minimum absolute atomic E-state index is 0.0230. The van der Waals surface area contributed by atoms with Gasteiger partial charge in [0.25, 0.3) is 10.0 Å². The zero-order chi connectivity index (χ0) is 18.2. The maximum Gasteiger partial charge on any atom is 0.354 e. The van der Waals surface area contributed by atoms with Crippen molar-refractivity contribution in [1.82, 2.24) is 4.98 Å². The Morgan fingerprint density at radius 2 is 1.96 bits per heavy atom. The molecule has 0 radical (unpaired) electrons. The average molecular weight is 425 g/mol. The summed E-state index contributed by atoms with van der Waals surface area (Å²) < 4.78 is 33.7. The standard InChI is InChI=1S/C16H13BrN2O5S/c1-24-12-7-6-9(17)8-13(12)25(22,23)19-14-10-4-2-3-5-11(10)18-15(14)16(20)21/h2-8,18-19H,1H3,(H,20,21). The van der Waals surface area contributed by atoms with Crippen LogP contribution in [0.25, 0.3) is 10.9 Å². The lowest BCUT2D eigenvalue weighted by Crippen LogP contribution is -2.16. The molecule has 1 heterocycles. The molecule has 0 fully saturated rings. The predicted octanol–water partition coefficient (Wildman–Crippen LogP) is 3.44. The molecule has 0 saturated carbocycles. The second kappa shape index (κ2) is 6.41. The molecule has 3 aromatic rings. The van der Waals surface area contributed by atoms with Crippen LogP contribution in [0.15, 0.2) is 51.8 Å². The van der Waals surface area contributed by atoms with Gasteiger partial charge in [-0.1, -0.05) is 34.1 Å². The number of benzene rings is 2. The van der Waals surface area contributed by atoms with Crippen molar-refractivity contribution in [3.8, 4) is 5.75 Å². The lowest BCUT2D eigenvalue weighted by atomic mass is 10.2. The topological polar surface area (TPSA) is 108 Å². The Kier molecular flexibility index (Phi) is 4.44. The van der Waals surface area contributed by atoms with Crippen LogP contribution in [0.1, 0.15) is 10.5 Å². The van der Waals surface area contributed by atoms with Gasteiger partial charge < -0.3 is 14.8 Å². The largest absolute Gasteiger partial charge is 0.495 e. The number of aromatic carboxylic acids is 1. The van der Waals surface area contributed by atoms with Gasteiger partial charge >= 0.3 is 5.97 Å². The second-order valence-corrected chi connectivity index (χ2v) is 7.69. The van der Waals surface area contributed by atoms with E-state index in [0.29, 0.717) is 15.4 Å². The first-order chi connectivity index (χ1) is 11.8. The van der Waals surface area contributed by atoms with Gasteiger partial charge in [0.15, 0.2) is 0 Å². The quantitative estimate of drug-likeness (QED) is 0.581. The number of carbonyl (C=O) groups is 1. The van der Waals surface area contributed by atoms with E-state index < -0.39 is 16.0 Å². The van der Waals surface area contributed by atoms with Crippen molar-refractivity contribution in [2.24, 2.45) is 0 Å². The van der Waals surface area contributed by atoms with Crippen molar-refractivity contribution in [2.45, 2.75) is 4.90 Å². The first-order valence-electron chi connectivity index (χ1n) is 7.04. The van der Waals surface area contributed by atoms with Crippen molar-refractivity contribution < 1.29 is 23.1 Å². The van der Waals surface area contributed by atoms with Crippen molar-refractivity contribution in [2.75, 3.05) is 11.8 Å². The summed E-state index contributed by atoms with van der Waals surface area (Å²) in [5.74, 6) is -1.12. The summed E-state index contributed by atoms with van der Waals surface area (Å²) in [5.41, 5.74) is 0.252. The summed E-state index contributed by atoms with van der Waals surface area (Å²) in [4.78, 5) is 14.1.